The van der Waals surface area contributed by atoms with E-state index in [-0.39, 0.29) is 17.2 Å². The first-order valence-corrected chi connectivity index (χ1v) is 8.58. The van der Waals surface area contributed by atoms with E-state index in [1.807, 2.05) is 0 Å². The molecule has 1 aromatic rings. The average molecular weight is 307 g/mol. The van der Waals surface area contributed by atoms with Gasteiger partial charge >= 0.3 is 0 Å². The molecular weight excluding hydrogens is 290 g/mol. The number of hydrogen-bond acceptors (Lipinski definition) is 5. The third-order valence-electron chi connectivity index (χ3n) is 2.36. The van der Waals surface area contributed by atoms with Crippen molar-refractivity contribution in [2.75, 3.05) is 25.1 Å². The lowest BCUT2D eigenvalue weighted by molar-refractivity contribution is 0.578. The van der Waals surface area contributed by atoms with E-state index in [0.29, 0.717) is 11.3 Å². The highest BCUT2D eigenvalue weighted by Gasteiger charge is 2.16. The summed E-state index contributed by atoms with van der Waals surface area (Å²) in [5, 5.41) is 0. The molecule has 0 aromatic heterocycles. The normalized spacial score (nSPS) is 12.5. The van der Waals surface area contributed by atoms with Gasteiger partial charge in [-0.25, -0.2) is 26.3 Å². The van der Waals surface area contributed by atoms with Crippen LogP contribution in [0.5, 0.6) is 0 Å². The zero-order chi connectivity index (χ0) is 14.7. The predicted molar refractivity (Wildman–Crippen MR) is 73.6 cm³/mol. The van der Waals surface area contributed by atoms with Gasteiger partial charge in [0.1, 0.15) is 0 Å². The van der Waals surface area contributed by atoms with Crippen LogP contribution in [0.4, 0.5) is 5.69 Å². The molecule has 0 aliphatic rings. The zero-order valence-electron chi connectivity index (χ0n) is 10.7. The van der Waals surface area contributed by atoms with E-state index >= 15 is 0 Å². The molecule has 7 nitrogen and oxygen atoms in total. The van der Waals surface area contributed by atoms with Crippen molar-refractivity contribution >= 4 is 25.7 Å². The molecule has 1 rings (SSSR count). The molecule has 4 N–H and O–H groups in total. The van der Waals surface area contributed by atoms with E-state index in [1.165, 1.54) is 19.2 Å². The molecule has 0 fully saturated rings. The third-order valence-corrected chi connectivity index (χ3v) is 5.16. The maximum atomic E-state index is 11.9. The maximum absolute atomic E-state index is 11.9. The summed E-state index contributed by atoms with van der Waals surface area (Å²) in [4.78, 5) is 0.0202. The molecule has 9 heteroatoms. The predicted octanol–water partition coefficient (Wildman–Crippen LogP) is -0.595. The van der Waals surface area contributed by atoms with Crippen LogP contribution in [0, 0.1) is 6.92 Å². The first-order valence-electron chi connectivity index (χ1n) is 5.44. The number of sulfonamides is 2. The summed E-state index contributed by atoms with van der Waals surface area (Å²) in [6, 6.07) is 4.43. The molecule has 0 aliphatic carbocycles. The standard InChI is InChI=1S/C10H17N3O4S2/c1-8-5-9(11)7-10(6-8)19(16,17)13-3-4-18(14,15)12-2/h5-7,12-13H,3-4,11H2,1-2H3. The smallest absolute Gasteiger partial charge is 0.240 e. The van der Waals surface area contributed by atoms with E-state index in [2.05, 4.69) is 9.44 Å². The van der Waals surface area contributed by atoms with Crippen molar-refractivity contribution in [3.05, 3.63) is 23.8 Å². The van der Waals surface area contributed by atoms with Crippen molar-refractivity contribution in [3.63, 3.8) is 0 Å². The Morgan fingerprint density at radius 3 is 2.32 bits per heavy atom. The van der Waals surface area contributed by atoms with Crippen LogP contribution in [0.1, 0.15) is 5.56 Å². The van der Waals surface area contributed by atoms with Crippen molar-refractivity contribution in [3.8, 4) is 0 Å². The summed E-state index contributed by atoms with van der Waals surface area (Å²) in [5.41, 5.74) is 6.63. The van der Waals surface area contributed by atoms with E-state index in [0.717, 1.165) is 0 Å². The molecule has 0 radical (unpaired) electrons. The summed E-state index contributed by atoms with van der Waals surface area (Å²) >= 11 is 0. The largest absolute Gasteiger partial charge is 0.399 e. The molecule has 0 saturated heterocycles. The summed E-state index contributed by atoms with van der Waals surface area (Å²) < 4.78 is 50.5. The molecule has 0 aliphatic heterocycles. The lowest BCUT2D eigenvalue weighted by Gasteiger charge is -2.08. The molecule has 0 bridgehead atoms. The third kappa shape index (κ3) is 4.78. The monoisotopic (exact) mass is 307 g/mol. The summed E-state index contributed by atoms with van der Waals surface area (Å²) in [5.74, 6) is -0.329. The fourth-order valence-corrected chi connectivity index (χ4v) is 3.30. The van der Waals surface area contributed by atoms with Gasteiger partial charge in [0.05, 0.1) is 10.6 Å². The molecule has 108 valence electrons. The molecule has 0 amide bonds. The van der Waals surface area contributed by atoms with Crippen molar-refractivity contribution in [2.45, 2.75) is 11.8 Å². The Hall–Kier alpha value is -1.16. The fraction of sp³-hybridized carbons (Fsp3) is 0.400. The highest BCUT2D eigenvalue weighted by atomic mass is 32.2. The summed E-state index contributed by atoms with van der Waals surface area (Å²) in [6.07, 6.45) is 0. The maximum Gasteiger partial charge on any atom is 0.240 e. The molecule has 19 heavy (non-hydrogen) atoms. The van der Waals surface area contributed by atoms with Gasteiger partial charge in [0, 0.05) is 12.2 Å². The van der Waals surface area contributed by atoms with Gasteiger partial charge in [-0.05, 0) is 37.7 Å². The average Bonchev–Trinajstić information content (AvgIpc) is 2.27. The number of hydrogen-bond donors (Lipinski definition) is 3. The fourth-order valence-electron chi connectivity index (χ4n) is 1.43. The number of aryl methyl sites for hydroxylation is 1. The summed E-state index contributed by atoms with van der Waals surface area (Å²) in [6.45, 7) is 1.51. The quantitative estimate of drug-likeness (QED) is 0.607. The van der Waals surface area contributed by atoms with Crippen molar-refractivity contribution in [1.82, 2.24) is 9.44 Å². The highest BCUT2D eigenvalue weighted by molar-refractivity contribution is 7.90. The van der Waals surface area contributed by atoms with Gasteiger partial charge in [-0.1, -0.05) is 0 Å². The van der Waals surface area contributed by atoms with Gasteiger partial charge in [-0.2, -0.15) is 0 Å². The first kappa shape index (κ1) is 15.9. The molecule has 0 atom stereocenters. The van der Waals surface area contributed by atoms with Gasteiger partial charge in [-0.3, -0.25) is 0 Å². The minimum atomic E-state index is -3.76. The number of nitrogens with two attached hydrogens (primary N) is 1. The Bertz CT molecular complexity index is 633. The Balaban J connectivity index is 2.82. The second-order valence-corrected chi connectivity index (χ2v) is 7.81. The van der Waals surface area contributed by atoms with Gasteiger partial charge in [-0.15, -0.1) is 0 Å². The van der Waals surface area contributed by atoms with Gasteiger partial charge in [0.15, 0.2) is 0 Å². The van der Waals surface area contributed by atoms with Crippen LogP contribution in [-0.2, 0) is 20.0 Å². The Morgan fingerprint density at radius 1 is 1.16 bits per heavy atom. The SMILES string of the molecule is CNS(=O)(=O)CCNS(=O)(=O)c1cc(C)cc(N)c1. The van der Waals surface area contributed by atoms with E-state index in [4.69, 9.17) is 5.73 Å². The zero-order valence-corrected chi connectivity index (χ0v) is 12.3. The Kier molecular flexibility index (Phi) is 4.91. The molecule has 0 spiro atoms. The minimum absolute atomic E-state index is 0.0202. The van der Waals surface area contributed by atoms with Gasteiger partial charge < -0.3 is 5.73 Å². The minimum Gasteiger partial charge on any atom is -0.399 e. The molecular formula is C10H17N3O4S2. The second kappa shape index (κ2) is 5.87. The van der Waals surface area contributed by atoms with Gasteiger partial charge in [0.2, 0.25) is 20.0 Å². The topological polar surface area (TPSA) is 118 Å². The second-order valence-electron chi connectivity index (χ2n) is 4.00. The Labute approximate surface area is 113 Å². The van der Waals surface area contributed by atoms with E-state index in [1.54, 1.807) is 13.0 Å². The van der Waals surface area contributed by atoms with E-state index in [9.17, 15) is 16.8 Å². The number of rotatable bonds is 6. The number of benzene rings is 1. The van der Waals surface area contributed by atoms with Crippen molar-refractivity contribution in [1.29, 1.82) is 0 Å². The number of anilines is 1. The Morgan fingerprint density at radius 2 is 1.79 bits per heavy atom. The van der Waals surface area contributed by atoms with Crippen molar-refractivity contribution < 1.29 is 16.8 Å². The van der Waals surface area contributed by atoms with Crippen molar-refractivity contribution in [2.24, 2.45) is 0 Å². The van der Waals surface area contributed by atoms with Crippen LogP contribution in [0.15, 0.2) is 23.1 Å². The molecule has 1 aromatic carbocycles. The lowest BCUT2D eigenvalue weighted by atomic mass is 10.2. The highest BCUT2D eigenvalue weighted by Crippen LogP contribution is 2.15. The van der Waals surface area contributed by atoms with Crippen LogP contribution >= 0.6 is 0 Å². The van der Waals surface area contributed by atoms with Gasteiger partial charge in [0.25, 0.3) is 0 Å². The summed E-state index contributed by atoms with van der Waals surface area (Å²) in [7, 11) is -5.93. The number of nitrogens with one attached hydrogen (secondary N) is 2. The van der Waals surface area contributed by atoms with Crippen LogP contribution in [0.3, 0.4) is 0 Å². The lowest BCUT2D eigenvalue weighted by Crippen LogP contribution is -2.33. The molecule has 0 unspecified atom stereocenters. The number of nitrogen functional groups attached to an aromatic ring is 1. The molecule has 0 heterocycles. The van der Waals surface area contributed by atoms with Crippen LogP contribution in [-0.4, -0.2) is 36.2 Å². The van der Waals surface area contributed by atoms with E-state index < -0.39 is 20.0 Å². The first-order chi connectivity index (χ1) is 8.66. The molecule has 0 saturated carbocycles. The van der Waals surface area contributed by atoms with Crippen LogP contribution in [0.2, 0.25) is 0 Å². The van der Waals surface area contributed by atoms with Crippen LogP contribution in [0.25, 0.3) is 0 Å². The van der Waals surface area contributed by atoms with Crippen LogP contribution < -0.4 is 15.2 Å².